The van der Waals surface area contributed by atoms with E-state index in [-0.39, 0.29) is 10.8 Å². The van der Waals surface area contributed by atoms with Gasteiger partial charge in [-0.3, -0.25) is 4.79 Å². The second-order valence-corrected chi connectivity index (χ2v) is 16.1. The van der Waals surface area contributed by atoms with Gasteiger partial charge in [0.15, 0.2) is 5.12 Å². The number of rotatable bonds is 22. The van der Waals surface area contributed by atoms with Gasteiger partial charge in [-0.2, -0.15) is 0 Å². The van der Waals surface area contributed by atoms with Crippen molar-refractivity contribution in [1.29, 1.82) is 0 Å². The molecule has 0 saturated carbocycles. The Morgan fingerprint density at radius 2 is 1.31 bits per heavy atom. The molecular weight excluding hydrogens is 557 g/mol. The molecule has 4 nitrogen and oxygen atoms in total. The largest absolute Gasteiger partial charge is 0.540 e. The standard InChI is InChI=1S/C36H64O4SSi/c1-11-15-18-19-20-22-31(37)41-28(21-14-4)23-26-42-40-30-27-29(38-24-16-12-2)32(35(5,6)7)34(39-25-17-13-3)33(30)36(8,9)10/h27-28H,11-26H2,1-10H3. The molecule has 0 N–H and O–H groups in total. The molecule has 0 spiro atoms. The van der Waals surface area contributed by atoms with Gasteiger partial charge in [-0.1, -0.05) is 126 Å². The van der Waals surface area contributed by atoms with Crippen LogP contribution in [0.4, 0.5) is 0 Å². The summed E-state index contributed by atoms with van der Waals surface area (Å²) in [6.07, 6.45) is 14.1. The van der Waals surface area contributed by atoms with Crippen LogP contribution in [0, 0.1) is 0 Å². The number of unbranched alkanes of at least 4 members (excludes halogenated alkanes) is 6. The molecule has 6 heteroatoms. The Hall–Kier alpha value is -1.14. The van der Waals surface area contributed by atoms with E-state index in [1.807, 2.05) is 0 Å². The smallest absolute Gasteiger partial charge is 0.310 e. The summed E-state index contributed by atoms with van der Waals surface area (Å²) in [4.78, 5) is 12.7. The highest BCUT2D eigenvalue weighted by Crippen LogP contribution is 2.50. The Morgan fingerprint density at radius 1 is 0.738 bits per heavy atom. The van der Waals surface area contributed by atoms with Gasteiger partial charge in [0.1, 0.15) is 17.2 Å². The molecule has 1 aromatic carbocycles. The second-order valence-electron chi connectivity index (χ2n) is 13.7. The van der Waals surface area contributed by atoms with Crippen LogP contribution in [0.25, 0.3) is 0 Å². The minimum Gasteiger partial charge on any atom is -0.540 e. The Balaban J connectivity index is 3.16. The molecule has 1 aromatic rings. The molecule has 0 saturated heterocycles. The summed E-state index contributed by atoms with van der Waals surface area (Å²) in [6.45, 7) is 23.7. The molecule has 0 fully saturated rings. The van der Waals surface area contributed by atoms with Crippen LogP contribution in [-0.2, 0) is 15.6 Å². The zero-order valence-corrected chi connectivity index (χ0v) is 30.8. The molecule has 0 aliphatic carbocycles. The molecule has 0 aliphatic rings. The van der Waals surface area contributed by atoms with Gasteiger partial charge in [0.05, 0.1) is 13.2 Å². The molecule has 0 heterocycles. The molecule has 1 unspecified atom stereocenters. The lowest BCUT2D eigenvalue weighted by atomic mass is 9.78. The van der Waals surface area contributed by atoms with Crippen LogP contribution in [0.15, 0.2) is 6.07 Å². The first-order valence-corrected chi connectivity index (χ1v) is 19.0. The van der Waals surface area contributed by atoms with Crippen molar-refractivity contribution in [2.45, 2.75) is 175 Å². The maximum absolute atomic E-state index is 12.7. The highest BCUT2D eigenvalue weighted by molar-refractivity contribution is 8.14. The fraction of sp³-hybridized carbons (Fsp3) is 0.806. The van der Waals surface area contributed by atoms with Crippen molar-refractivity contribution in [3.05, 3.63) is 17.2 Å². The van der Waals surface area contributed by atoms with Gasteiger partial charge in [0.2, 0.25) is 0 Å². The van der Waals surface area contributed by atoms with Crippen LogP contribution < -0.4 is 13.9 Å². The zero-order valence-electron chi connectivity index (χ0n) is 29.0. The average Bonchev–Trinajstić information content (AvgIpc) is 2.89. The second kappa shape index (κ2) is 20.7. The number of hydrogen-bond acceptors (Lipinski definition) is 5. The first kappa shape index (κ1) is 38.9. The molecule has 242 valence electrons. The third-order valence-electron chi connectivity index (χ3n) is 7.35. The number of carbonyl (C=O) groups is 1. The number of hydrogen-bond donors (Lipinski definition) is 0. The van der Waals surface area contributed by atoms with Gasteiger partial charge in [-0.05, 0) is 49.0 Å². The summed E-state index contributed by atoms with van der Waals surface area (Å²) in [7, 11) is 0.325. The van der Waals surface area contributed by atoms with Crippen LogP contribution >= 0.6 is 11.8 Å². The van der Waals surface area contributed by atoms with Gasteiger partial charge in [-0.15, -0.1) is 0 Å². The summed E-state index contributed by atoms with van der Waals surface area (Å²) in [5, 5.41) is 0.741. The molecule has 0 aliphatic heterocycles. The third-order valence-corrected chi connectivity index (χ3v) is 9.48. The van der Waals surface area contributed by atoms with E-state index in [2.05, 4.69) is 75.3 Å². The maximum atomic E-state index is 12.7. The summed E-state index contributed by atoms with van der Waals surface area (Å²) >= 11 is 1.59. The quantitative estimate of drug-likeness (QED) is 0.0953. The van der Waals surface area contributed by atoms with E-state index in [1.54, 1.807) is 11.8 Å². The predicted octanol–water partition coefficient (Wildman–Crippen LogP) is 11.2. The van der Waals surface area contributed by atoms with Crippen LogP contribution in [-0.4, -0.2) is 33.3 Å². The maximum Gasteiger partial charge on any atom is 0.310 e. The monoisotopic (exact) mass is 620 g/mol. The molecule has 1 atom stereocenters. The van der Waals surface area contributed by atoms with E-state index < -0.39 is 0 Å². The lowest BCUT2D eigenvalue weighted by Crippen LogP contribution is -2.23. The van der Waals surface area contributed by atoms with Crippen molar-refractivity contribution >= 4 is 26.6 Å². The summed E-state index contributed by atoms with van der Waals surface area (Å²) in [5.74, 6) is 2.72. The van der Waals surface area contributed by atoms with Gasteiger partial charge in [0, 0.05) is 28.9 Å². The normalized spacial score (nSPS) is 12.8. The van der Waals surface area contributed by atoms with Crippen LogP contribution in [0.3, 0.4) is 0 Å². The summed E-state index contributed by atoms with van der Waals surface area (Å²) < 4.78 is 19.7. The number of thioether (sulfide) groups is 1. The van der Waals surface area contributed by atoms with Crippen molar-refractivity contribution in [3.63, 3.8) is 0 Å². The number of ether oxygens (including phenoxy) is 2. The Morgan fingerprint density at radius 3 is 1.88 bits per heavy atom. The molecule has 0 amide bonds. The molecular formula is C36H64O4SSi. The fourth-order valence-corrected chi connectivity index (χ4v) is 7.38. The Kier molecular flexibility index (Phi) is 19.2. The third kappa shape index (κ3) is 14.6. The van der Waals surface area contributed by atoms with E-state index in [4.69, 9.17) is 13.9 Å². The summed E-state index contributed by atoms with van der Waals surface area (Å²) in [6, 6.07) is 3.08. The minimum atomic E-state index is -0.159. The van der Waals surface area contributed by atoms with Crippen molar-refractivity contribution < 1.29 is 18.7 Å². The number of benzene rings is 1. The minimum absolute atomic E-state index is 0.142. The molecule has 0 aromatic heterocycles. The van der Waals surface area contributed by atoms with E-state index in [0.29, 0.717) is 39.8 Å². The summed E-state index contributed by atoms with van der Waals surface area (Å²) in [5.41, 5.74) is 1.98. The molecule has 1 rings (SSSR count). The van der Waals surface area contributed by atoms with E-state index in [9.17, 15) is 4.79 Å². The number of carbonyl (C=O) groups excluding carboxylic acids is 1. The van der Waals surface area contributed by atoms with Gasteiger partial charge in [0.25, 0.3) is 0 Å². The average molecular weight is 621 g/mol. The topological polar surface area (TPSA) is 44.8 Å². The first-order valence-electron chi connectivity index (χ1n) is 17.0. The van der Waals surface area contributed by atoms with Gasteiger partial charge < -0.3 is 13.9 Å². The highest BCUT2D eigenvalue weighted by Gasteiger charge is 2.34. The van der Waals surface area contributed by atoms with E-state index >= 15 is 0 Å². The van der Waals surface area contributed by atoms with Crippen LogP contribution in [0.5, 0.6) is 17.2 Å². The van der Waals surface area contributed by atoms with Crippen molar-refractivity contribution in [2.75, 3.05) is 13.2 Å². The lowest BCUT2D eigenvalue weighted by molar-refractivity contribution is -0.111. The first-order chi connectivity index (χ1) is 19.9. The molecule has 2 radical (unpaired) electrons. The van der Waals surface area contributed by atoms with E-state index in [0.717, 1.165) is 85.8 Å². The SMILES string of the molecule is CCCCCCCC(=O)SC(CCC)CC[Si]Oc1cc(OCCCC)c(C(C)(C)C)c(OCCCC)c1C(C)(C)C. The molecule has 0 bridgehead atoms. The predicted molar refractivity (Wildman–Crippen MR) is 185 cm³/mol. The van der Waals surface area contributed by atoms with Crippen molar-refractivity contribution in [2.24, 2.45) is 0 Å². The molecule has 42 heavy (non-hydrogen) atoms. The highest BCUT2D eigenvalue weighted by atomic mass is 32.2. The van der Waals surface area contributed by atoms with Crippen molar-refractivity contribution in [3.8, 4) is 17.2 Å². The van der Waals surface area contributed by atoms with Crippen molar-refractivity contribution in [1.82, 2.24) is 0 Å². The van der Waals surface area contributed by atoms with E-state index in [1.165, 1.54) is 25.7 Å². The Labute approximate surface area is 267 Å². The van der Waals surface area contributed by atoms with Gasteiger partial charge in [-0.25, -0.2) is 0 Å². The Bertz CT molecular complexity index is 888. The van der Waals surface area contributed by atoms with Crippen LogP contribution in [0.2, 0.25) is 6.04 Å². The lowest BCUT2D eigenvalue weighted by Gasteiger charge is -2.33. The van der Waals surface area contributed by atoms with Crippen LogP contribution in [0.1, 0.15) is 164 Å². The van der Waals surface area contributed by atoms with Gasteiger partial charge >= 0.3 is 9.76 Å². The fourth-order valence-electron chi connectivity index (χ4n) is 5.07. The zero-order chi connectivity index (χ0) is 31.6.